The average molecular weight is 285 g/mol. The van der Waals surface area contributed by atoms with E-state index in [1.165, 1.54) is 5.56 Å². The average Bonchev–Trinajstić information content (AvgIpc) is 2.43. The highest BCUT2D eigenvalue weighted by Crippen LogP contribution is 2.08. The number of aromatic nitrogens is 1. The second kappa shape index (κ2) is 8.24. The van der Waals surface area contributed by atoms with Gasteiger partial charge in [0.05, 0.1) is 5.75 Å². The Balaban J connectivity index is 2.30. The van der Waals surface area contributed by atoms with E-state index in [9.17, 15) is 8.42 Å². The summed E-state index contributed by atoms with van der Waals surface area (Å²) in [6.07, 6.45) is 6.79. The maximum Gasteiger partial charge on any atom is 0.150 e. The Morgan fingerprint density at radius 3 is 2.58 bits per heavy atom. The lowest BCUT2D eigenvalue weighted by Gasteiger charge is -2.15. The van der Waals surface area contributed by atoms with E-state index >= 15 is 0 Å². The van der Waals surface area contributed by atoms with Gasteiger partial charge in [0.25, 0.3) is 0 Å². The van der Waals surface area contributed by atoms with E-state index in [1.54, 1.807) is 19.3 Å². The molecule has 0 saturated heterocycles. The van der Waals surface area contributed by atoms with Crippen molar-refractivity contribution in [3.05, 3.63) is 30.1 Å². The molecule has 1 heterocycles. The molecule has 0 aliphatic rings. The van der Waals surface area contributed by atoms with E-state index in [1.807, 2.05) is 12.1 Å². The molecule has 1 aromatic heterocycles. The minimum absolute atomic E-state index is 0.153. The quantitative estimate of drug-likeness (QED) is 0.523. The second-order valence-corrected chi connectivity index (χ2v) is 7.11. The zero-order chi connectivity index (χ0) is 14.1. The maximum absolute atomic E-state index is 11.4. The van der Waals surface area contributed by atoms with Crippen LogP contribution >= 0.6 is 0 Å². The smallest absolute Gasteiger partial charge is 0.150 e. The van der Waals surface area contributed by atoms with Crippen LogP contribution in [0.5, 0.6) is 0 Å². The highest BCUT2D eigenvalue weighted by molar-refractivity contribution is 7.91. The molecule has 19 heavy (non-hydrogen) atoms. The molecule has 0 spiro atoms. The lowest BCUT2D eigenvalue weighted by Crippen LogP contribution is -2.35. The predicted molar refractivity (Wildman–Crippen MR) is 77.2 cm³/mol. The fourth-order valence-corrected chi connectivity index (χ4v) is 2.79. The van der Waals surface area contributed by atoms with Gasteiger partial charge in [-0.05, 0) is 43.4 Å². The summed E-state index contributed by atoms with van der Waals surface area (Å²) in [5.41, 5.74) is 3.99. The first-order valence-corrected chi connectivity index (χ1v) is 8.45. The SMILES string of the molecule is CCS(=O)(=O)CCCC(CCc1ccncc1)NN. The van der Waals surface area contributed by atoms with Crippen molar-refractivity contribution in [1.29, 1.82) is 0 Å². The predicted octanol–water partition coefficient (Wildman–Crippen LogP) is 1.06. The number of rotatable bonds is 9. The minimum atomic E-state index is -2.87. The Morgan fingerprint density at radius 2 is 2.00 bits per heavy atom. The molecular formula is C13H23N3O2S. The summed E-state index contributed by atoms with van der Waals surface area (Å²) in [5, 5.41) is 0. The lowest BCUT2D eigenvalue weighted by atomic mass is 10.0. The van der Waals surface area contributed by atoms with Gasteiger partial charge < -0.3 is 0 Å². The summed E-state index contributed by atoms with van der Waals surface area (Å²) in [4.78, 5) is 3.97. The first-order chi connectivity index (χ1) is 9.07. The Kier molecular flexibility index (Phi) is 6.97. The molecule has 0 aliphatic carbocycles. The number of aryl methyl sites for hydroxylation is 1. The van der Waals surface area contributed by atoms with Crippen molar-refractivity contribution in [3.63, 3.8) is 0 Å². The summed E-state index contributed by atoms with van der Waals surface area (Å²) < 4.78 is 22.8. The fraction of sp³-hybridized carbons (Fsp3) is 0.615. The number of hydrogen-bond acceptors (Lipinski definition) is 5. The number of nitrogens with one attached hydrogen (secondary N) is 1. The van der Waals surface area contributed by atoms with Crippen LogP contribution in [0.3, 0.4) is 0 Å². The van der Waals surface area contributed by atoms with E-state index in [0.717, 1.165) is 19.3 Å². The van der Waals surface area contributed by atoms with Gasteiger partial charge in [0.1, 0.15) is 9.84 Å². The van der Waals surface area contributed by atoms with Crippen LogP contribution in [-0.2, 0) is 16.3 Å². The van der Waals surface area contributed by atoms with Crippen LogP contribution in [0.1, 0.15) is 31.7 Å². The molecule has 1 atom stereocenters. The van der Waals surface area contributed by atoms with Crippen LogP contribution in [0.15, 0.2) is 24.5 Å². The maximum atomic E-state index is 11.4. The van der Waals surface area contributed by atoms with Crippen LogP contribution in [-0.4, -0.2) is 30.9 Å². The summed E-state index contributed by atoms with van der Waals surface area (Å²) in [6, 6.07) is 4.12. The zero-order valence-electron chi connectivity index (χ0n) is 11.4. The molecule has 0 aliphatic heterocycles. The van der Waals surface area contributed by atoms with Crippen molar-refractivity contribution in [2.45, 2.75) is 38.6 Å². The van der Waals surface area contributed by atoms with E-state index in [-0.39, 0.29) is 17.5 Å². The van der Waals surface area contributed by atoms with Crippen LogP contribution < -0.4 is 11.3 Å². The molecule has 108 valence electrons. The first-order valence-electron chi connectivity index (χ1n) is 6.63. The molecular weight excluding hydrogens is 262 g/mol. The largest absolute Gasteiger partial charge is 0.271 e. The third-order valence-electron chi connectivity index (χ3n) is 3.21. The van der Waals surface area contributed by atoms with Gasteiger partial charge in [0.15, 0.2) is 0 Å². The number of hydrogen-bond donors (Lipinski definition) is 2. The summed E-state index contributed by atoms with van der Waals surface area (Å²) in [7, 11) is -2.87. The molecule has 0 fully saturated rings. The number of pyridine rings is 1. The van der Waals surface area contributed by atoms with E-state index < -0.39 is 9.84 Å². The van der Waals surface area contributed by atoms with Crippen molar-refractivity contribution in [2.24, 2.45) is 5.84 Å². The molecule has 0 bridgehead atoms. The van der Waals surface area contributed by atoms with Gasteiger partial charge in [0.2, 0.25) is 0 Å². The van der Waals surface area contributed by atoms with Crippen molar-refractivity contribution >= 4 is 9.84 Å². The van der Waals surface area contributed by atoms with E-state index in [0.29, 0.717) is 6.42 Å². The first kappa shape index (κ1) is 16.1. The molecule has 0 aromatic carbocycles. The number of sulfone groups is 1. The van der Waals surface area contributed by atoms with Gasteiger partial charge in [-0.1, -0.05) is 6.92 Å². The Labute approximate surface area is 115 Å². The van der Waals surface area contributed by atoms with Gasteiger partial charge in [-0.25, -0.2) is 8.42 Å². The molecule has 1 rings (SSSR count). The molecule has 1 aromatic rings. The third-order valence-corrected chi connectivity index (χ3v) is 5.00. The van der Waals surface area contributed by atoms with Gasteiger partial charge in [-0.15, -0.1) is 0 Å². The van der Waals surface area contributed by atoms with Crippen molar-refractivity contribution in [3.8, 4) is 0 Å². The van der Waals surface area contributed by atoms with Gasteiger partial charge >= 0.3 is 0 Å². The number of nitrogens with zero attached hydrogens (tertiary/aromatic N) is 1. The van der Waals surface area contributed by atoms with Gasteiger partial charge in [0, 0.05) is 24.2 Å². The number of hydrazine groups is 1. The molecule has 1 unspecified atom stereocenters. The Hall–Kier alpha value is -0.980. The van der Waals surface area contributed by atoms with Crippen molar-refractivity contribution in [1.82, 2.24) is 10.4 Å². The standard InChI is InChI=1S/C13H23N3O2S/c1-2-19(17,18)11-3-4-13(16-14)6-5-12-7-9-15-10-8-12/h7-10,13,16H,2-6,11,14H2,1H3. The van der Waals surface area contributed by atoms with Crippen molar-refractivity contribution in [2.75, 3.05) is 11.5 Å². The molecule has 6 heteroatoms. The topological polar surface area (TPSA) is 85.1 Å². The Morgan fingerprint density at radius 1 is 1.32 bits per heavy atom. The fourth-order valence-electron chi connectivity index (χ4n) is 1.90. The molecule has 5 nitrogen and oxygen atoms in total. The summed E-state index contributed by atoms with van der Waals surface area (Å²) >= 11 is 0. The highest BCUT2D eigenvalue weighted by Gasteiger charge is 2.11. The second-order valence-electron chi connectivity index (χ2n) is 4.64. The van der Waals surface area contributed by atoms with Gasteiger partial charge in [-0.3, -0.25) is 16.3 Å². The van der Waals surface area contributed by atoms with Crippen molar-refractivity contribution < 1.29 is 8.42 Å². The van der Waals surface area contributed by atoms with Crippen LogP contribution in [0.4, 0.5) is 0 Å². The molecule has 0 radical (unpaired) electrons. The number of nitrogens with two attached hydrogens (primary N) is 1. The van der Waals surface area contributed by atoms with Crippen LogP contribution in [0.25, 0.3) is 0 Å². The monoisotopic (exact) mass is 285 g/mol. The molecule has 0 saturated carbocycles. The van der Waals surface area contributed by atoms with E-state index in [2.05, 4.69) is 10.4 Å². The third kappa shape index (κ3) is 6.66. The highest BCUT2D eigenvalue weighted by atomic mass is 32.2. The summed E-state index contributed by atoms with van der Waals surface area (Å²) in [5.74, 6) is 5.97. The minimum Gasteiger partial charge on any atom is -0.271 e. The van der Waals surface area contributed by atoms with Crippen LogP contribution in [0.2, 0.25) is 0 Å². The zero-order valence-corrected chi connectivity index (χ0v) is 12.2. The summed E-state index contributed by atoms with van der Waals surface area (Å²) in [6.45, 7) is 1.68. The Bertz CT molecular complexity index is 448. The molecule has 3 N–H and O–H groups in total. The van der Waals surface area contributed by atoms with E-state index in [4.69, 9.17) is 5.84 Å². The molecule has 0 amide bonds. The van der Waals surface area contributed by atoms with Crippen LogP contribution in [0, 0.1) is 0 Å². The lowest BCUT2D eigenvalue weighted by molar-refractivity contribution is 0.458. The normalized spacial score (nSPS) is 13.4. The van der Waals surface area contributed by atoms with Gasteiger partial charge in [-0.2, -0.15) is 0 Å².